The molecule has 3 aromatic rings. The maximum Gasteiger partial charge on any atom is 0.350 e. The van der Waals surface area contributed by atoms with E-state index >= 15 is 4.39 Å². The second-order valence-electron chi connectivity index (χ2n) is 11.0. The van der Waals surface area contributed by atoms with Gasteiger partial charge in [-0.05, 0) is 63.6 Å². The molecule has 41 heavy (non-hydrogen) atoms. The Balaban J connectivity index is 1.51. The topological polar surface area (TPSA) is 70.9 Å². The first-order chi connectivity index (χ1) is 19.8. The van der Waals surface area contributed by atoms with Crippen molar-refractivity contribution in [2.45, 2.75) is 38.3 Å². The molecule has 2 fully saturated rings. The predicted molar refractivity (Wildman–Crippen MR) is 155 cm³/mol. The number of nitrogens with zero attached hydrogens (tertiary/aromatic N) is 5. The van der Waals surface area contributed by atoms with E-state index in [4.69, 9.17) is 16.3 Å². The Kier molecular flexibility index (Phi) is 7.46. The average molecular weight is 584 g/mol. The zero-order valence-electron chi connectivity index (χ0n) is 22.9. The van der Waals surface area contributed by atoms with E-state index in [-0.39, 0.29) is 46.5 Å². The number of aromatic nitrogens is 2. The molecule has 11 heteroatoms. The first kappa shape index (κ1) is 27.7. The van der Waals surface area contributed by atoms with Gasteiger partial charge in [0.05, 0.1) is 16.6 Å². The number of ether oxygens (including phenoxy) is 1. The van der Waals surface area contributed by atoms with Crippen molar-refractivity contribution in [2.75, 3.05) is 50.8 Å². The Morgan fingerprint density at radius 2 is 1.98 bits per heavy atom. The molecule has 0 aliphatic carbocycles. The van der Waals surface area contributed by atoms with E-state index in [1.807, 2.05) is 11.8 Å². The van der Waals surface area contributed by atoms with E-state index in [1.54, 1.807) is 15.5 Å². The molecule has 0 bridgehead atoms. The van der Waals surface area contributed by atoms with Gasteiger partial charge >= 0.3 is 5.69 Å². The summed E-state index contributed by atoms with van der Waals surface area (Å²) < 4.78 is 36.8. The van der Waals surface area contributed by atoms with Gasteiger partial charge in [0.15, 0.2) is 5.75 Å². The molecule has 2 saturated heterocycles. The van der Waals surface area contributed by atoms with Gasteiger partial charge in [0.1, 0.15) is 24.1 Å². The van der Waals surface area contributed by atoms with Gasteiger partial charge in [-0.25, -0.2) is 13.6 Å². The highest BCUT2D eigenvalue weighted by Gasteiger charge is 2.34. The minimum atomic E-state index is -0.776. The normalized spacial score (nSPS) is 20.9. The first-order valence-corrected chi connectivity index (χ1v) is 14.4. The van der Waals surface area contributed by atoms with Crippen molar-refractivity contribution < 1.29 is 18.3 Å². The van der Waals surface area contributed by atoms with Crippen LogP contribution in [-0.2, 0) is 4.79 Å². The molecule has 2 atom stereocenters. The van der Waals surface area contributed by atoms with Gasteiger partial charge in [0.25, 0.3) is 0 Å². The number of carbonyl (C=O) groups excluding carboxylic acids is 1. The summed E-state index contributed by atoms with van der Waals surface area (Å²) in [6, 6.07) is 4.58. The minimum absolute atomic E-state index is 0.0890. The molecule has 1 unspecified atom stereocenters. The van der Waals surface area contributed by atoms with Crippen LogP contribution < -0.4 is 15.3 Å². The van der Waals surface area contributed by atoms with Crippen LogP contribution in [0.2, 0.25) is 5.02 Å². The summed E-state index contributed by atoms with van der Waals surface area (Å²) in [5, 5.41) is 0.812. The second-order valence-corrected chi connectivity index (χ2v) is 11.4. The van der Waals surface area contributed by atoms with E-state index in [0.29, 0.717) is 42.8 Å². The number of hydrogen-bond acceptors (Lipinski definition) is 6. The molecule has 1 amide bonds. The highest BCUT2D eigenvalue weighted by atomic mass is 35.5. The number of anilines is 1. The minimum Gasteiger partial charge on any atom is -0.488 e. The predicted octanol–water partition coefficient (Wildman–Crippen LogP) is 4.64. The SMILES string of the molecule is C=CC(=O)N1CCN(c2nc(=O)n3c4c(c(-c5ccc(F)cc5F)c(Cl)cc24)OCC3CCN2CCCC2)[C@@H](C)C1. The fraction of sp³-hybridized carbons (Fsp3) is 0.433. The van der Waals surface area contributed by atoms with Crippen molar-refractivity contribution in [3.63, 3.8) is 0 Å². The average Bonchev–Trinajstić information content (AvgIpc) is 3.48. The number of halogens is 3. The highest BCUT2D eigenvalue weighted by Crippen LogP contribution is 2.47. The van der Waals surface area contributed by atoms with Crippen LogP contribution in [0.15, 0.2) is 41.7 Å². The van der Waals surface area contributed by atoms with Crippen LogP contribution in [0.1, 0.15) is 32.2 Å². The molecule has 0 saturated carbocycles. The number of benzene rings is 2. The lowest BCUT2D eigenvalue weighted by atomic mass is 9.99. The van der Waals surface area contributed by atoms with Crippen LogP contribution in [0.5, 0.6) is 5.75 Å². The second kappa shape index (κ2) is 11.1. The molecule has 1 aromatic heterocycles. The molecule has 4 heterocycles. The van der Waals surface area contributed by atoms with Gasteiger partial charge < -0.3 is 19.4 Å². The number of carbonyl (C=O) groups is 1. The third kappa shape index (κ3) is 4.97. The molecule has 8 nitrogen and oxygen atoms in total. The van der Waals surface area contributed by atoms with Gasteiger partial charge in [0, 0.05) is 54.8 Å². The van der Waals surface area contributed by atoms with Gasteiger partial charge in [0.2, 0.25) is 5.91 Å². The third-order valence-corrected chi connectivity index (χ3v) is 8.74. The van der Waals surface area contributed by atoms with Crippen LogP contribution >= 0.6 is 11.6 Å². The van der Waals surface area contributed by atoms with E-state index < -0.39 is 17.3 Å². The smallest absolute Gasteiger partial charge is 0.350 e. The van der Waals surface area contributed by atoms with Crippen LogP contribution in [0.3, 0.4) is 0 Å². The van der Waals surface area contributed by atoms with E-state index in [1.165, 1.54) is 31.1 Å². The molecule has 3 aliphatic heterocycles. The van der Waals surface area contributed by atoms with E-state index in [9.17, 15) is 14.0 Å². The number of hydrogen-bond donors (Lipinski definition) is 0. The van der Waals surface area contributed by atoms with Gasteiger partial charge in [-0.3, -0.25) is 9.36 Å². The van der Waals surface area contributed by atoms with Crippen LogP contribution in [-0.4, -0.2) is 77.2 Å². The van der Waals surface area contributed by atoms with Crippen molar-refractivity contribution >= 4 is 34.2 Å². The fourth-order valence-electron chi connectivity index (χ4n) is 6.37. The lowest BCUT2D eigenvalue weighted by Gasteiger charge is -2.41. The summed E-state index contributed by atoms with van der Waals surface area (Å²) >= 11 is 6.82. The van der Waals surface area contributed by atoms with Crippen molar-refractivity contribution in [3.05, 3.63) is 64.1 Å². The Morgan fingerprint density at radius 1 is 1.20 bits per heavy atom. The summed E-state index contributed by atoms with van der Waals surface area (Å²) in [5.41, 5.74) is 0.436. The van der Waals surface area contributed by atoms with Crippen LogP contribution in [0.4, 0.5) is 14.6 Å². The highest BCUT2D eigenvalue weighted by molar-refractivity contribution is 6.35. The number of likely N-dealkylation sites (tertiary alicyclic amines) is 1. The van der Waals surface area contributed by atoms with Crippen molar-refractivity contribution in [1.29, 1.82) is 0 Å². The Hall–Kier alpha value is -3.50. The maximum absolute atomic E-state index is 15.1. The monoisotopic (exact) mass is 583 g/mol. The van der Waals surface area contributed by atoms with Crippen LogP contribution in [0.25, 0.3) is 22.0 Å². The molecule has 0 radical (unpaired) electrons. The molecule has 3 aliphatic rings. The summed E-state index contributed by atoms with van der Waals surface area (Å²) in [5.74, 6) is -0.903. The van der Waals surface area contributed by atoms with Gasteiger partial charge in [-0.1, -0.05) is 18.2 Å². The van der Waals surface area contributed by atoms with Crippen molar-refractivity contribution in [3.8, 4) is 16.9 Å². The lowest BCUT2D eigenvalue weighted by molar-refractivity contribution is -0.126. The summed E-state index contributed by atoms with van der Waals surface area (Å²) in [4.78, 5) is 36.7. The molecular weight excluding hydrogens is 552 g/mol. The molecule has 0 spiro atoms. The summed E-state index contributed by atoms with van der Waals surface area (Å²) in [7, 11) is 0. The maximum atomic E-state index is 15.1. The van der Waals surface area contributed by atoms with Crippen molar-refractivity contribution in [1.82, 2.24) is 19.4 Å². The van der Waals surface area contributed by atoms with Crippen molar-refractivity contribution in [2.24, 2.45) is 0 Å². The fourth-order valence-corrected chi connectivity index (χ4v) is 6.67. The summed E-state index contributed by atoms with van der Waals surface area (Å²) in [6.45, 7) is 9.97. The van der Waals surface area contributed by atoms with Crippen LogP contribution in [0, 0.1) is 11.6 Å². The largest absolute Gasteiger partial charge is 0.488 e. The molecule has 216 valence electrons. The molecule has 2 aromatic carbocycles. The molecular formula is C30H32ClF2N5O3. The number of piperazine rings is 1. The Labute approximate surface area is 241 Å². The van der Waals surface area contributed by atoms with E-state index in [0.717, 1.165) is 25.7 Å². The quantitative estimate of drug-likeness (QED) is 0.394. The molecule has 0 N–H and O–H groups in total. The Bertz CT molecular complexity index is 1590. The molecule has 6 rings (SSSR count). The number of rotatable bonds is 6. The first-order valence-electron chi connectivity index (χ1n) is 14.0. The van der Waals surface area contributed by atoms with Gasteiger partial charge in [-0.15, -0.1) is 0 Å². The zero-order chi connectivity index (χ0) is 28.8. The standard InChI is InChI=1S/C30H32ClF2N5O3/c1-3-25(39)36-12-13-37(18(2)16-36)29-22-15-23(31)26(21-7-6-19(32)14-24(21)33)28-27(22)38(30(40)34-29)20(17-41-28)8-11-35-9-4-5-10-35/h3,6-7,14-15,18,20H,1,4-5,8-13,16-17H2,2H3/t18-,20?/m0/s1. The zero-order valence-corrected chi connectivity index (χ0v) is 23.7. The lowest BCUT2D eigenvalue weighted by Crippen LogP contribution is -2.54. The summed E-state index contributed by atoms with van der Waals surface area (Å²) in [6.07, 6.45) is 4.32. The van der Waals surface area contributed by atoms with E-state index in [2.05, 4.69) is 16.5 Å². The Morgan fingerprint density at radius 3 is 2.68 bits per heavy atom. The number of amides is 1. The third-order valence-electron chi connectivity index (χ3n) is 8.45. The van der Waals surface area contributed by atoms with Gasteiger partial charge in [-0.2, -0.15) is 4.98 Å².